The highest BCUT2D eigenvalue weighted by Crippen LogP contribution is 2.23. The molecule has 1 rings (SSSR count). The Hall–Kier alpha value is -1.27. The Kier molecular flexibility index (Phi) is 3.68. The average molecular weight is 258 g/mol. The smallest absolute Gasteiger partial charge is 0.240 e. The summed E-state index contributed by atoms with van der Waals surface area (Å²) in [5.41, 5.74) is 5.36. The van der Waals surface area contributed by atoms with Crippen LogP contribution in [0.25, 0.3) is 0 Å². The molecule has 0 amide bonds. The maximum atomic E-state index is 11.9. The van der Waals surface area contributed by atoms with Crippen LogP contribution in [0.3, 0.4) is 0 Å². The van der Waals surface area contributed by atoms with Gasteiger partial charge in [-0.05, 0) is 23.6 Å². The van der Waals surface area contributed by atoms with Crippen molar-refractivity contribution in [1.82, 2.24) is 4.72 Å². The molecule has 96 valence electrons. The Morgan fingerprint density at radius 1 is 1.35 bits per heavy atom. The molecule has 0 aliphatic rings. The molecule has 0 heterocycles. The summed E-state index contributed by atoms with van der Waals surface area (Å²) in [6.45, 7) is 6.12. The highest BCUT2D eigenvalue weighted by molar-refractivity contribution is 7.89. The SMILES string of the molecule is CC(C)(C)CNS(=O)(=O)c1ccc(O)c(N)c1. The van der Waals surface area contributed by atoms with Gasteiger partial charge in [-0.15, -0.1) is 0 Å². The lowest BCUT2D eigenvalue weighted by molar-refractivity contribution is 0.407. The molecule has 0 saturated carbocycles. The number of phenols is 1. The largest absolute Gasteiger partial charge is 0.506 e. The van der Waals surface area contributed by atoms with Gasteiger partial charge in [0, 0.05) is 6.54 Å². The third kappa shape index (κ3) is 3.90. The quantitative estimate of drug-likeness (QED) is 0.563. The van der Waals surface area contributed by atoms with Gasteiger partial charge in [0.05, 0.1) is 10.6 Å². The second-order valence-corrected chi connectivity index (χ2v) is 6.87. The molecule has 0 saturated heterocycles. The van der Waals surface area contributed by atoms with E-state index in [2.05, 4.69) is 4.72 Å². The van der Waals surface area contributed by atoms with Gasteiger partial charge in [-0.1, -0.05) is 20.8 Å². The van der Waals surface area contributed by atoms with Crippen molar-refractivity contribution in [3.8, 4) is 5.75 Å². The maximum Gasteiger partial charge on any atom is 0.240 e. The molecule has 0 unspecified atom stereocenters. The number of nitrogens with two attached hydrogens (primary N) is 1. The number of nitrogen functional groups attached to an aromatic ring is 1. The van der Waals surface area contributed by atoms with E-state index in [0.717, 1.165) is 0 Å². The molecule has 0 bridgehead atoms. The maximum absolute atomic E-state index is 11.9. The summed E-state index contributed by atoms with van der Waals surface area (Å²) in [5, 5.41) is 9.23. The van der Waals surface area contributed by atoms with Crippen LogP contribution in [0.5, 0.6) is 5.75 Å². The second-order valence-electron chi connectivity index (χ2n) is 5.11. The molecule has 0 radical (unpaired) electrons. The third-order valence-electron chi connectivity index (χ3n) is 2.10. The Bertz CT molecular complexity index is 504. The van der Waals surface area contributed by atoms with Gasteiger partial charge in [0.15, 0.2) is 0 Å². The summed E-state index contributed by atoms with van der Waals surface area (Å²) in [6.07, 6.45) is 0. The molecule has 6 heteroatoms. The van der Waals surface area contributed by atoms with Crippen molar-refractivity contribution < 1.29 is 13.5 Å². The molecule has 17 heavy (non-hydrogen) atoms. The average Bonchev–Trinajstić information content (AvgIpc) is 2.18. The molecule has 0 aliphatic heterocycles. The van der Waals surface area contributed by atoms with Crippen molar-refractivity contribution >= 4 is 15.7 Å². The number of hydrogen-bond acceptors (Lipinski definition) is 4. The van der Waals surface area contributed by atoms with Crippen LogP contribution >= 0.6 is 0 Å². The van der Waals surface area contributed by atoms with Gasteiger partial charge in [0.25, 0.3) is 0 Å². The molecule has 1 aromatic rings. The van der Waals surface area contributed by atoms with Crippen LogP contribution in [0.15, 0.2) is 23.1 Å². The monoisotopic (exact) mass is 258 g/mol. The highest BCUT2D eigenvalue weighted by atomic mass is 32.2. The number of aromatic hydroxyl groups is 1. The summed E-state index contributed by atoms with van der Waals surface area (Å²) in [4.78, 5) is 0.0528. The van der Waals surface area contributed by atoms with E-state index < -0.39 is 10.0 Å². The minimum atomic E-state index is -3.57. The van der Waals surface area contributed by atoms with Crippen LogP contribution in [0.2, 0.25) is 0 Å². The molecular formula is C11H18N2O3S. The topological polar surface area (TPSA) is 92.4 Å². The summed E-state index contributed by atoms with van der Waals surface area (Å²) in [6, 6.07) is 3.82. The van der Waals surface area contributed by atoms with Crippen LogP contribution in [0.1, 0.15) is 20.8 Å². The number of hydrogen-bond donors (Lipinski definition) is 3. The fraction of sp³-hybridized carbons (Fsp3) is 0.455. The Morgan fingerprint density at radius 2 is 1.94 bits per heavy atom. The predicted molar refractivity (Wildman–Crippen MR) is 67.2 cm³/mol. The van der Waals surface area contributed by atoms with Gasteiger partial charge in [-0.2, -0.15) is 0 Å². The molecule has 0 fully saturated rings. The molecule has 0 aromatic heterocycles. The number of phenolic OH excluding ortho intramolecular Hbond substituents is 1. The summed E-state index contributed by atoms with van der Waals surface area (Å²) >= 11 is 0. The molecular weight excluding hydrogens is 240 g/mol. The second kappa shape index (κ2) is 4.54. The van der Waals surface area contributed by atoms with Crippen LogP contribution < -0.4 is 10.5 Å². The van der Waals surface area contributed by atoms with Crippen LogP contribution in [-0.2, 0) is 10.0 Å². The fourth-order valence-corrected chi connectivity index (χ4v) is 2.41. The molecule has 0 atom stereocenters. The fourth-order valence-electron chi connectivity index (χ4n) is 1.09. The van der Waals surface area contributed by atoms with Gasteiger partial charge in [0.2, 0.25) is 10.0 Å². The Balaban J connectivity index is 2.94. The minimum absolute atomic E-state index is 0.0450. The van der Waals surface area contributed by atoms with Crippen LogP contribution in [0.4, 0.5) is 5.69 Å². The van der Waals surface area contributed by atoms with Gasteiger partial charge in [-0.25, -0.2) is 13.1 Å². The Morgan fingerprint density at radius 3 is 2.41 bits per heavy atom. The van der Waals surface area contributed by atoms with Crippen molar-refractivity contribution in [3.63, 3.8) is 0 Å². The normalized spacial score (nSPS) is 12.6. The first-order valence-electron chi connectivity index (χ1n) is 5.20. The summed E-state index contributed by atoms with van der Waals surface area (Å²) in [7, 11) is -3.57. The molecule has 4 N–H and O–H groups in total. The first-order chi connectivity index (χ1) is 7.62. The third-order valence-corrected chi connectivity index (χ3v) is 3.50. The van der Waals surface area contributed by atoms with Gasteiger partial charge in [-0.3, -0.25) is 0 Å². The number of anilines is 1. The number of sulfonamides is 1. The first kappa shape index (κ1) is 13.8. The standard InChI is InChI=1S/C11H18N2O3S/c1-11(2,3)7-13-17(15,16)8-4-5-10(14)9(12)6-8/h4-6,13-14H,7,12H2,1-3H3. The molecule has 5 nitrogen and oxygen atoms in total. The van der Waals surface area contributed by atoms with E-state index in [0.29, 0.717) is 6.54 Å². The zero-order valence-electron chi connectivity index (χ0n) is 10.2. The highest BCUT2D eigenvalue weighted by Gasteiger charge is 2.19. The van der Waals surface area contributed by atoms with Crippen molar-refractivity contribution in [2.45, 2.75) is 25.7 Å². The molecule has 1 aromatic carbocycles. The van der Waals surface area contributed by atoms with Crippen molar-refractivity contribution in [2.24, 2.45) is 5.41 Å². The lowest BCUT2D eigenvalue weighted by Crippen LogP contribution is -2.32. The predicted octanol–water partition coefficient (Wildman–Crippen LogP) is 1.30. The van der Waals surface area contributed by atoms with Crippen molar-refractivity contribution in [2.75, 3.05) is 12.3 Å². The number of rotatable bonds is 3. The van der Waals surface area contributed by atoms with Gasteiger partial charge < -0.3 is 10.8 Å². The van der Waals surface area contributed by atoms with Gasteiger partial charge >= 0.3 is 0 Å². The van der Waals surface area contributed by atoms with E-state index in [1.807, 2.05) is 20.8 Å². The van der Waals surface area contributed by atoms with E-state index in [1.165, 1.54) is 18.2 Å². The van der Waals surface area contributed by atoms with E-state index in [-0.39, 0.29) is 21.7 Å². The van der Waals surface area contributed by atoms with Crippen LogP contribution in [0, 0.1) is 5.41 Å². The van der Waals surface area contributed by atoms with E-state index >= 15 is 0 Å². The van der Waals surface area contributed by atoms with Crippen molar-refractivity contribution in [1.29, 1.82) is 0 Å². The summed E-state index contributed by atoms with van der Waals surface area (Å²) in [5.74, 6) is -0.125. The first-order valence-corrected chi connectivity index (χ1v) is 6.68. The van der Waals surface area contributed by atoms with Crippen molar-refractivity contribution in [3.05, 3.63) is 18.2 Å². The molecule has 0 spiro atoms. The lowest BCUT2D eigenvalue weighted by atomic mass is 9.98. The zero-order chi connectivity index (χ0) is 13.3. The summed E-state index contributed by atoms with van der Waals surface area (Å²) < 4.78 is 26.3. The lowest BCUT2D eigenvalue weighted by Gasteiger charge is -2.18. The zero-order valence-corrected chi connectivity index (χ0v) is 11.0. The Labute approximate surface area is 102 Å². The number of nitrogens with one attached hydrogen (secondary N) is 1. The van der Waals surface area contributed by atoms with E-state index in [4.69, 9.17) is 5.73 Å². The minimum Gasteiger partial charge on any atom is -0.506 e. The van der Waals surface area contributed by atoms with E-state index in [1.54, 1.807) is 0 Å². The van der Waals surface area contributed by atoms with Gasteiger partial charge in [0.1, 0.15) is 5.75 Å². The number of benzene rings is 1. The van der Waals surface area contributed by atoms with Crippen LogP contribution in [-0.4, -0.2) is 20.1 Å². The van der Waals surface area contributed by atoms with E-state index in [9.17, 15) is 13.5 Å². The molecule has 0 aliphatic carbocycles.